The molecule has 3 rings (SSSR count). The highest BCUT2D eigenvalue weighted by Gasteiger charge is 2.50. The van der Waals surface area contributed by atoms with Gasteiger partial charge in [0, 0.05) is 43.5 Å². The molecule has 25 nitrogen and oxygen atoms in total. The van der Waals surface area contributed by atoms with Crippen LogP contribution in [0.1, 0.15) is 59.6 Å². The highest BCUT2D eigenvalue weighted by atomic mass is 32.2. The van der Waals surface area contributed by atoms with Crippen LogP contribution >= 0.6 is 35.2 Å². The van der Waals surface area contributed by atoms with Crippen LogP contribution in [0.3, 0.4) is 0 Å². The summed E-state index contributed by atoms with van der Waals surface area (Å²) in [6.07, 6.45) is -2.32. The van der Waals surface area contributed by atoms with Crippen molar-refractivity contribution in [2.75, 3.05) is 37.8 Å². The Morgan fingerprint density at radius 2 is 1.73 bits per heavy atom. The van der Waals surface area contributed by atoms with E-state index >= 15 is 0 Å². The fourth-order valence-electron chi connectivity index (χ4n) is 5.52. The van der Waals surface area contributed by atoms with E-state index in [0.717, 1.165) is 34.6 Å². The molecular weight excluding hydrogens is 907 g/mol. The maximum atomic E-state index is 12.7. The molecule has 29 heteroatoms. The van der Waals surface area contributed by atoms with Gasteiger partial charge in [0.2, 0.25) is 11.8 Å². The predicted octanol–water partition coefficient (Wildman–Crippen LogP) is 1.17. The summed E-state index contributed by atoms with van der Waals surface area (Å²) in [5.41, 5.74) is 5.04. The van der Waals surface area contributed by atoms with Crippen molar-refractivity contribution in [1.82, 2.24) is 30.2 Å². The Morgan fingerprint density at radius 1 is 1.05 bits per heavy atom. The summed E-state index contributed by atoms with van der Waals surface area (Å²) in [5.74, 6) is -1.36. The van der Waals surface area contributed by atoms with Gasteiger partial charge in [-0.05, 0) is 26.2 Å². The SMILES string of the molecule is C=C(C)C=C[C@H](CCC(C)=O)CC(=O)SCCNC(=O)CCNC(=O)[C@H](O)C(C)(C)COP(=O)(O)OP(=O)(O)OC[C@H]1O[C@@H](n2cnc3c(N)ncnc32)[C@H](O)[C@@H]1OP(=O)(O)O. The number of Topliss-reactive ketones (excluding diaryl/α,β-unsaturated/α-hetero) is 1. The van der Waals surface area contributed by atoms with E-state index in [1.54, 1.807) is 6.08 Å². The number of hydrogen-bond donors (Lipinski definition) is 9. The van der Waals surface area contributed by atoms with Crippen molar-refractivity contribution in [2.24, 2.45) is 11.3 Å². The number of aliphatic hydroxyl groups is 2. The number of fused-ring (bicyclic) bond motifs is 1. The van der Waals surface area contributed by atoms with Gasteiger partial charge in [0.15, 0.2) is 22.8 Å². The molecule has 3 heterocycles. The summed E-state index contributed by atoms with van der Waals surface area (Å²) in [6.45, 7) is 7.44. The molecule has 0 radical (unpaired) electrons. The zero-order chi connectivity index (χ0) is 46.6. The molecular formula is C33H52N7O18P3S. The molecule has 0 saturated carbocycles. The van der Waals surface area contributed by atoms with Gasteiger partial charge in [-0.2, -0.15) is 4.31 Å². The molecule has 2 amide bonds. The van der Waals surface area contributed by atoms with Gasteiger partial charge in [-0.3, -0.25) is 32.5 Å². The summed E-state index contributed by atoms with van der Waals surface area (Å²) < 4.78 is 62.3. The minimum absolute atomic E-state index is 0.0186. The number of allylic oxidation sites excluding steroid dienone is 3. The zero-order valence-electron chi connectivity index (χ0n) is 34.0. The van der Waals surface area contributed by atoms with Gasteiger partial charge < -0.3 is 55.7 Å². The van der Waals surface area contributed by atoms with Crippen molar-refractivity contribution >= 4 is 74.9 Å². The third-order valence-electron chi connectivity index (χ3n) is 8.71. The highest BCUT2D eigenvalue weighted by Crippen LogP contribution is 2.61. The summed E-state index contributed by atoms with van der Waals surface area (Å²) in [4.78, 5) is 99.8. The van der Waals surface area contributed by atoms with Crippen LogP contribution in [0.4, 0.5) is 5.82 Å². The number of phosphoric ester groups is 3. The lowest BCUT2D eigenvalue weighted by Gasteiger charge is -2.30. The molecule has 2 aromatic rings. The Kier molecular flexibility index (Phi) is 19.7. The Hall–Kier alpha value is -3.29. The smallest absolute Gasteiger partial charge is 0.386 e. The fraction of sp³-hybridized carbons (Fsp3) is 0.606. The second-order valence-corrected chi connectivity index (χ2v) is 20.1. The number of hydrogen-bond acceptors (Lipinski definition) is 19. The van der Waals surface area contributed by atoms with Crippen molar-refractivity contribution in [1.29, 1.82) is 0 Å². The minimum Gasteiger partial charge on any atom is -0.386 e. The average molecular weight is 960 g/mol. The first kappa shape index (κ1) is 53.1. The summed E-state index contributed by atoms with van der Waals surface area (Å²) >= 11 is 1.03. The van der Waals surface area contributed by atoms with Gasteiger partial charge in [-0.1, -0.05) is 49.9 Å². The number of carbonyl (C=O) groups is 4. The number of thioether (sulfide) groups is 1. The number of phosphoric acid groups is 3. The normalized spacial score (nSPS) is 21.3. The second-order valence-electron chi connectivity index (χ2n) is 14.7. The van der Waals surface area contributed by atoms with Gasteiger partial charge in [0.05, 0.1) is 19.5 Å². The number of amides is 2. The van der Waals surface area contributed by atoms with Gasteiger partial charge in [0.25, 0.3) is 0 Å². The van der Waals surface area contributed by atoms with Crippen LogP contribution in [0.15, 0.2) is 37.0 Å². The van der Waals surface area contributed by atoms with Gasteiger partial charge in [-0.15, -0.1) is 0 Å². The number of ether oxygens (including phenoxy) is 1. The zero-order valence-corrected chi connectivity index (χ0v) is 37.5. The molecule has 62 heavy (non-hydrogen) atoms. The molecule has 8 atom stereocenters. The van der Waals surface area contributed by atoms with Crippen molar-refractivity contribution < 1.29 is 85.3 Å². The van der Waals surface area contributed by atoms with Crippen molar-refractivity contribution in [3.05, 3.63) is 37.0 Å². The van der Waals surface area contributed by atoms with Crippen LogP contribution in [0, 0.1) is 11.3 Å². The van der Waals surface area contributed by atoms with Crippen molar-refractivity contribution in [3.8, 4) is 0 Å². The van der Waals surface area contributed by atoms with E-state index in [1.165, 1.54) is 20.8 Å². The molecule has 1 saturated heterocycles. The number of nitrogens with one attached hydrogen (secondary N) is 2. The number of ketones is 1. The molecule has 2 aromatic heterocycles. The topological polar surface area (TPSA) is 381 Å². The molecule has 1 aliphatic rings. The third-order valence-corrected chi connectivity index (χ3v) is 12.7. The largest absolute Gasteiger partial charge is 0.481 e. The first-order chi connectivity index (χ1) is 28.7. The Morgan fingerprint density at radius 3 is 2.37 bits per heavy atom. The molecule has 10 N–H and O–H groups in total. The summed E-state index contributed by atoms with van der Waals surface area (Å²) in [6, 6.07) is 0. The van der Waals surface area contributed by atoms with Crippen molar-refractivity contribution in [3.63, 3.8) is 0 Å². The van der Waals surface area contributed by atoms with Gasteiger partial charge in [0.1, 0.15) is 42.0 Å². The number of aromatic nitrogens is 4. The highest BCUT2D eigenvalue weighted by molar-refractivity contribution is 8.13. The molecule has 348 valence electrons. The Balaban J connectivity index is 1.44. The van der Waals surface area contributed by atoms with Crippen LogP contribution in [0.25, 0.3) is 11.2 Å². The van der Waals surface area contributed by atoms with Crippen molar-refractivity contribution in [2.45, 2.75) is 84.0 Å². The first-order valence-electron chi connectivity index (χ1n) is 18.6. The van der Waals surface area contributed by atoms with E-state index < -0.39 is 84.6 Å². The fourth-order valence-corrected chi connectivity index (χ4v) is 9.12. The number of nitrogens with zero attached hydrogens (tertiary/aromatic N) is 4. The number of imidazole rings is 1. The molecule has 0 spiro atoms. The monoisotopic (exact) mass is 959 g/mol. The lowest BCUT2D eigenvalue weighted by Crippen LogP contribution is -2.46. The van der Waals surface area contributed by atoms with Gasteiger partial charge >= 0.3 is 23.5 Å². The third kappa shape index (κ3) is 17.4. The number of rotatable bonds is 26. The van der Waals surface area contributed by atoms with E-state index in [0.29, 0.717) is 12.8 Å². The Labute approximate surface area is 359 Å². The molecule has 0 aliphatic carbocycles. The number of anilines is 1. The summed E-state index contributed by atoms with van der Waals surface area (Å²) in [7, 11) is -16.4. The van der Waals surface area contributed by atoms with Gasteiger partial charge in [-0.25, -0.2) is 28.6 Å². The standard InChI is InChI=1S/C33H52N7O18P3S/c1-19(2)6-8-21(9-7-20(3)41)14-24(43)62-13-12-35-23(42)10-11-36-31(46)28(45)33(4,5)16-55-61(52,53)58-60(50,51)54-15-22-27(57-59(47,48)49)26(44)32(56-22)40-18-39-25-29(34)37-17-38-30(25)40/h6,8,17-18,21-22,26-28,32,44-45H,1,7,9-16H2,2-5H3,(H,35,42)(H,36,46)(H,50,51)(H,52,53)(H2,34,37,38)(H2,47,48,49)/t21-,22-,26-,27-,28+,32-/m1/s1. The van der Waals surface area contributed by atoms with Crippen LogP contribution in [-0.2, 0) is 55.5 Å². The molecule has 0 bridgehead atoms. The lowest BCUT2D eigenvalue weighted by atomic mass is 9.87. The molecule has 1 aliphatic heterocycles. The van der Waals surface area contributed by atoms with E-state index in [-0.39, 0.29) is 65.5 Å². The van der Waals surface area contributed by atoms with E-state index in [4.69, 9.17) is 19.5 Å². The predicted molar refractivity (Wildman–Crippen MR) is 219 cm³/mol. The van der Waals surface area contributed by atoms with E-state index in [2.05, 4.69) is 41.0 Å². The van der Waals surface area contributed by atoms with Crippen LogP contribution in [-0.4, -0.2) is 128 Å². The quantitative estimate of drug-likeness (QED) is 0.0363. The Bertz CT molecular complexity index is 2100. The number of nitrogen functional groups attached to an aromatic ring is 1. The van der Waals surface area contributed by atoms with E-state index in [1.807, 2.05) is 13.0 Å². The number of carbonyl (C=O) groups excluding carboxylic acids is 4. The maximum absolute atomic E-state index is 12.7. The minimum atomic E-state index is -5.59. The van der Waals surface area contributed by atoms with Crippen LogP contribution in [0.2, 0.25) is 0 Å². The maximum Gasteiger partial charge on any atom is 0.481 e. The average Bonchev–Trinajstić information content (AvgIpc) is 3.72. The first-order valence-corrected chi connectivity index (χ1v) is 24.1. The second kappa shape index (κ2) is 23.1. The molecule has 2 unspecified atom stereocenters. The molecule has 1 fully saturated rings. The van der Waals surface area contributed by atoms with Crippen LogP contribution in [0.5, 0.6) is 0 Å². The van der Waals surface area contributed by atoms with Crippen LogP contribution < -0.4 is 16.4 Å². The van der Waals surface area contributed by atoms with E-state index in [9.17, 15) is 62.7 Å². The number of nitrogens with two attached hydrogens (primary N) is 1. The number of aliphatic hydroxyl groups excluding tert-OH is 2. The summed E-state index contributed by atoms with van der Waals surface area (Å²) in [5, 5.41) is 26.4. The lowest BCUT2D eigenvalue weighted by molar-refractivity contribution is -0.137. The molecule has 0 aromatic carbocycles.